The van der Waals surface area contributed by atoms with Crippen molar-refractivity contribution in [2.24, 2.45) is 0 Å². The van der Waals surface area contributed by atoms with Crippen LogP contribution in [0.4, 0.5) is 0 Å². The van der Waals surface area contributed by atoms with Crippen LogP contribution < -0.4 is 5.32 Å². The number of hydrogen-bond acceptors (Lipinski definition) is 3. The van der Waals surface area contributed by atoms with Crippen molar-refractivity contribution in [2.75, 3.05) is 18.8 Å². The van der Waals surface area contributed by atoms with E-state index in [1.807, 2.05) is 4.90 Å². The van der Waals surface area contributed by atoms with Gasteiger partial charge in [-0.05, 0) is 37.9 Å². The average Bonchev–Trinajstić information content (AvgIpc) is 2.78. The molecule has 2 atom stereocenters. The summed E-state index contributed by atoms with van der Waals surface area (Å²) >= 11 is 2.12. The molecule has 0 aromatic heterocycles. The average molecular weight is 270 g/mol. The van der Waals surface area contributed by atoms with E-state index in [1.165, 1.54) is 25.0 Å². The molecule has 1 amide bonds. The molecule has 1 N–H and O–H groups in total. The van der Waals surface area contributed by atoms with E-state index in [2.05, 4.69) is 24.0 Å². The second kappa shape index (κ2) is 6.80. The van der Waals surface area contributed by atoms with Crippen LogP contribution in [0, 0.1) is 0 Å². The second-order valence-electron chi connectivity index (χ2n) is 5.53. The number of carbonyl (C=O) groups excluding carboxylic acids is 1. The fourth-order valence-electron chi connectivity index (χ4n) is 3.17. The minimum absolute atomic E-state index is 0.230. The van der Waals surface area contributed by atoms with Crippen LogP contribution in [0.2, 0.25) is 0 Å². The van der Waals surface area contributed by atoms with Crippen molar-refractivity contribution in [1.29, 1.82) is 0 Å². The normalized spacial score (nSPS) is 29.8. The molecule has 1 aliphatic carbocycles. The Kier molecular flexibility index (Phi) is 5.37. The Morgan fingerprint density at radius 2 is 1.94 bits per heavy atom. The van der Waals surface area contributed by atoms with E-state index in [9.17, 15) is 4.79 Å². The number of nitrogens with one attached hydrogen (secondary N) is 1. The van der Waals surface area contributed by atoms with Crippen LogP contribution in [0.5, 0.6) is 0 Å². The van der Waals surface area contributed by atoms with Crippen LogP contribution in [0.15, 0.2) is 0 Å². The van der Waals surface area contributed by atoms with Crippen LogP contribution in [-0.2, 0) is 4.79 Å². The standard InChI is InChI=1S/C14H26N2OS/c1-3-18-14-5-4-13(10-14)15-12-6-8-16(9-7-12)11(2)17/h12-15H,3-10H2,1-2H3. The molecular formula is C14H26N2OS. The van der Waals surface area contributed by atoms with E-state index in [4.69, 9.17) is 0 Å². The second-order valence-corrected chi connectivity index (χ2v) is 7.11. The molecule has 0 aromatic carbocycles. The first kappa shape index (κ1) is 14.2. The van der Waals surface area contributed by atoms with Crippen LogP contribution in [0.3, 0.4) is 0 Å². The van der Waals surface area contributed by atoms with E-state index in [0.29, 0.717) is 6.04 Å². The minimum atomic E-state index is 0.230. The fraction of sp³-hybridized carbons (Fsp3) is 0.929. The Morgan fingerprint density at radius 3 is 2.56 bits per heavy atom. The molecular weight excluding hydrogens is 244 g/mol. The fourth-order valence-corrected chi connectivity index (χ4v) is 4.32. The molecule has 4 heteroatoms. The third kappa shape index (κ3) is 3.89. The summed E-state index contributed by atoms with van der Waals surface area (Å²) in [5, 5.41) is 4.69. The van der Waals surface area contributed by atoms with E-state index in [-0.39, 0.29) is 5.91 Å². The number of nitrogens with zero attached hydrogens (tertiary/aromatic N) is 1. The molecule has 0 bridgehead atoms. The number of piperidine rings is 1. The van der Waals surface area contributed by atoms with Gasteiger partial charge < -0.3 is 10.2 Å². The molecule has 1 saturated carbocycles. The summed E-state index contributed by atoms with van der Waals surface area (Å²) < 4.78 is 0. The lowest BCUT2D eigenvalue weighted by atomic mass is 10.0. The number of carbonyl (C=O) groups is 1. The molecule has 0 radical (unpaired) electrons. The van der Waals surface area contributed by atoms with Gasteiger partial charge in [0, 0.05) is 37.3 Å². The van der Waals surface area contributed by atoms with Crippen molar-refractivity contribution in [3.63, 3.8) is 0 Å². The Balaban J connectivity index is 1.68. The molecule has 1 saturated heterocycles. The Labute approximate surface area is 115 Å². The van der Waals surface area contributed by atoms with E-state index in [0.717, 1.165) is 37.2 Å². The minimum Gasteiger partial charge on any atom is -0.343 e. The summed E-state index contributed by atoms with van der Waals surface area (Å²) in [7, 11) is 0. The first-order valence-corrected chi connectivity index (χ1v) is 8.37. The zero-order valence-electron chi connectivity index (χ0n) is 11.7. The van der Waals surface area contributed by atoms with Crippen LogP contribution in [0.1, 0.15) is 46.0 Å². The molecule has 2 rings (SSSR count). The van der Waals surface area contributed by atoms with Crippen molar-refractivity contribution < 1.29 is 4.79 Å². The molecule has 18 heavy (non-hydrogen) atoms. The number of thioether (sulfide) groups is 1. The van der Waals surface area contributed by atoms with Gasteiger partial charge in [0.15, 0.2) is 0 Å². The Morgan fingerprint density at radius 1 is 1.22 bits per heavy atom. The topological polar surface area (TPSA) is 32.3 Å². The SMILES string of the molecule is CCSC1CCC(NC2CCN(C(C)=O)CC2)C1. The highest BCUT2D eigenvalue weighted by Crippen LogP contribution is 2.30. The molecule has 2 fully saturated rings. The van der Waals surface area contributed by atoms with Crippen LogP contribution in [0.25, 0.3) is 0 Å². The molecule has 2 unspecified atom stereocenters. The molecule has 0 spiro atoms. The van der Waals surface area contributed by atoms with Crippen LogP contribution >= 0.6 is 11.8 Å². The van der Waals surface area contributed by atoms with Crippen molar-refractivity contribution in [3.8, 4) is 0 Å². The predicted molar refractivity (Wildman–Crippen MR) is 78.0 cm³/mol. The Hall–Kier alpha value is -0.220. The number of amides is 1. The summed E-state index contributed by atoms with van der Waals surface area (Å²) in [5.41, 5.74) is 0. The van der Waals surface area contributed by atoms with Gasteiger partial charge in [-0.2, -0.15) is 11.8 Å². The quantitative estimate of drug-likeness (QED) is 0.850. The Bertz CT molecular complexity index is 277. The maximum absolute atomic E-state index is 11.3. The highest BCUT2D eigenvalue weighted by molar-refractivity contribution is 7.99. The summed E-state index contributed by atoms with van der Waals surface area (Å²) in [6.45, 7) is 5.81. The van der Waals surface area contributed by atoms with Crippen molar-refractivity contribution in [1.82, 2.24) is 10.2 Å². The van der Waals surface area contributed by atoms with E-state index < -0.39 is 0 Å². The maximum Gasteiger partial charge on any atom is 0.219 e. The number of hydrogen-bond donors (Lipinski definition) is 1. The lowest BCUT2D eigenvalue weighted by Gasteiger charge is -2.33. The number of rotatable bonds is 4. The van der Waals surface area contributed by atoms with Gasteiger partial charge >= 0.3 is 0 Å². The zero-order valence-corrected chi connectivity index (χ0v) is 12.5. The first-order valence-electron chi connectivity index (χ1n) is 7.32. The molecule has 3 nitrogen and oxygen atoms in total. The summed E-state index contributed by atoms with van der Waals surface area (Å²) in [6.07, 6.45) is 6.31. The third-order valence-corrected chi connectivity index (χ3v) is 5.43. The highest BCUT2D eigenvalue weighted by atomic mass is 32.2. The van der Waals surface area contributed by atoms with E-state index in [1.54, 1.807) is 6.92 Å². The molecule has 0 aromatic rings. The lowest BCUT2D eigenvalue weighted by molar-refractivity contribution is -0.129. The number of likely N-dealkylation sites (tertiary alicyclic amines) is 1. The van der Waals surface area contributed by atoms with Gasteiger partial charge in [0.05, 0.1) is 0 Å². The summed E-state index contributed by atoms with van der Waals surface area (Å²) in [6, 6.07) is 1.36. The van der Waals surface area contributed by atoms with Gasteiger partial charge in [0.25, 0.3) is 0 Å². The molecule has 104 valence electrons. The van der Waals surface area contributed by atoms with Crippen molar-refractivity contribution in [3.05, 3.63) is 0 Å². The predicted octanol–water partition coefficient (Wildman–Crippen LogP) is 2.26. The monoisotopic (exact) mass is 270 g/mol. The van der Waals surface area contributed by atoms with E-state index >= 15 is 0 Å². The van der Waals surface area contributed by atoms with Gasteiger partial charge in [-0.25, -0.2) is 0 Å². The van der Waals surface area contributed by atoms with Gasteiger partial charge in [-0.1, -0.05) is 6.92 Å². The van der Waals surface area contributed by atoms with Crippen molar-refractivity contribution in [2.45, 2.75) is 63.3 Å². The third-order valence-electron chi connectivity index (χ3n) is 4.20. The largest absolute Gasteiger partial charge is 0.343 e. The molecule has 1 aliphatic heterocycles. The van der Waals surface area contributed by atoms with Gasteiger partial charge in [0.1, 0.15) is 0 Å². The van der Waals surface area contributed by atoms with Gasteiger partial charge in [0.2, 0.25) is 5.91 Å². The highest BCUT2D eigenvalue weighted by Gasteiger charge is 2.28. The summed E-state index contributed by atoms with van der Waals surface area (Å²) in [4.78, 5) is 13.2. The maximum atomic E-state index is 11.3. The molecule has 2 aliphatic rings. The summed E-state index contributed by atoms with van der Waals surface area (Å²) in [5.74, 6) is 1.47. The van der Waals surface area contributed by atoms with Gasteiger partial charge in [-0.3, -0.25) is 4.79 Å². The smallest absolute Gasteiger partial charge is 0.219 e. The first-order chi connectivity index (χ1) is 8.69. The van der Waals surface area contributed by atoms with Crippen LogP contribution in [-0.4, -0.2) is 47.0 Å². The van der Waals surface area contributed by atoms with Crippen molar-refractivity contribution >= 4 is 17.7 Å². The zero-order chi connectivity index (χ0) is 13.0. The van der Waals surface area contributed by atoms with Gasteiger partial charge in [-0.15, -0.1) is 0 Å². The lowest BCUT2D eigenvalue weighted by Crippen LogP contribution is -2.46. The molecule has 1 heterocycles.